The van der Waals surface area contributed by atoms with Crippen molar-refractivity contribution in [2.45, 2.75) is 45.2 Å². The number of hydrogen-bond acceptors (Lipinski definition) is 4. The molecular weight excluding hydrogens is 465 g/mol. The number of piperidine rings is 1. The van der Waals surface area contributed by atoms with Crippen LogP contribution >= 0.6 is 24.0 Å². The molecule has 2 N–H and O–H groups in total. The molecule has 1 atom stereocenters. The van der Waals surface area contributed by atoms with E-state index in [0.717, 1.165) is 42.8 Å². The molecule has 28 heavy (non-hydrogen) atoms. The molecule has 7 heteroatoms. The monoisotopic (exact) mass is 497 g/mol. The molecule has 1 aliphatic heterocycles. The molecule has 6 nitrogen and oxygen atoms in total. The second kappa shape index (κ2) is 12.1. The summed E-state index contributed by atoms with van der Waals surface area (Å²) >= 11 is 0. The largest absolute Gasteiger partial charge is 0.444 e. The molecule has 1 aliphatic rings. The van der Waals surface area contributed by atoms with E-state index in [2.05, 4.69) is 32.4 Å². The molecule has 0 bridgehead atoms. The minimum atomic E-state index is 0. The minimum absolute atomic E-state index is 0. The Morgan fingerprint density at radius 2 is 2.07 bits per heavy atom. The third kappa shape index (κ3) is 6.77. The Kier molecular flexibility index (Phi) is 9.77. The standard InChI is InChI=1S/C21H31N5O.HI/c1-17-9-6-7-13-26(17)14-8-12-23-21(22-2)24-15-19-16-27-20(25-19)18-10-4-3-5-11-18;/h3-5,10-11,16-17H,6-9,12-15H2,1-2H3,(H2,22,23,24);1H. The van der Waals surface area contributed by atoms with Gasteiger partial charge in [0.1, 0.15) is 6.26 Å². The quantitative estimate of drug-likeness (QED) is 0.263. The van der Waals surface area contributed by atoms with Crippen LogP contribution in [0.5, 0.6) is 0 Å². The maximum Gasteiger partial charge on any atom is 0.226 e. The lowest BCUT2D eigenvalue weighted by atomic mass is 10.0. The Hall–Kier alpha value is -1.61. The lowest BCUT2D eigenvalue weighted by Crippen LogP contribution is -2.41. The number of oxazole rings is 1. The molecule has 1 unspecified atom stereocenters. The molecule has 2 heterocycles. The van der Waals surface area contributed by atoms with Gasteiger partial charge in [0.15, 0.2) is 5.96 Å². The van der Waals surface area contributed by atoms with Gasteiger partial charge in [0.05, 0.1) is 12.2 Å². The average Bonchev–Trinajstić information content (AvgIpc) is 3.18. The zero-order chi connectivity index (χ0) is 18.9. The van der Waals surface area contributed by atoms with Gasteiger partial charge in [-0.25, -0.2) is 4.98 Å². The van der Waals surface area contributed by atoms with Gasteiger partial charge in [-0.3, -0.25) is 4.99 Å². The van der Waals surface area contributed by atoms with Crippen molar-refractivity contribution in [3.63, 3.8) is 0 Å². The lowest BCUT2D eigenvalue weighted by Gasteiger charge is -2.33. The fourth-order valence-electron chi connectivity index (χ4n) is 3.48. The van der Waals surface area contributed by atoms with Gasteiger partial charge >= 0.3 is 0 Å². The van der Waals surface area contributed by atoms with E-state index in [1.807, 2.05) is 30.3 Å². The van der Waals surface area contributed by atoms with Gasteiger partial charge in [-0.1, -0.05) is 24.6 Å². The highest BCUT2D eigenvalue weighted by molar-refractivity contribution is 14.0. The normalized spacial score (nSPS) is 17.8. The van der Waals surface area contributed by atoms with Gasteiger partial charge in [-0.2, -0.15) is 0 Å². The van der Waals surface area contributed by atoms with Crippen LogP contribution in [0.25, 0.3) is 11.5 Å². The predicted molar refractivity (Wildman–Crippen MR) is 125 cm³/mol. The molecule has 1 fully saturated rings. The molecule has 154 valence electrons. The van der Waals surface area contributed by atoms with E-state index in [4.69, 9.17) is 4.42 Å². The molecule has 3 rings (SSSR count). The van der Waals surface area contributed by atoms with Crippen molar-refractivity contribution in [3.8, 4) is 11.5 Å². The zero-order valence-electron chi connectivity index (χ0n) is 16.9. The maximum absolute atomic E-state index is 5.58. The summed E-state index contributed by atoms with van der Waals surface area (Å²) in [5.41, 5.74) is 1.84. The summed E-state index contributed by atoms with van der Waals surface area (Å²) < 4.78 is 5.58. The molecule has 1 saturated heterocycles. The highest BCUT2D eigenvalue weighted by Crippen LogP contribution is 2.18. The van der Waals surface area contributed by atoms with E-state index in [1.165, 1.54) is 25.8 Å². The first-order chi connectivity index (χ1) is 13.3. The summed E-state index contributed by atoms with van der Waals surface area (Å²) in [5, 5.41) is 6.69. The lowest BCUT2D eigenvalue weighted by molar-refractivity contribution is 0.159. The van der Waals surface area contributed by atoms with Gasteiger partial charge in [-0.05, 0) is 44.9 Å². The second-order valence-electron chi connectivity index (χ2n) is 7.10. The van der Waals surface area contributed by atoms with Crippen LogP contribution < -0.4 is 10.6 Å². The summed E-state index contributed by atoms with van der Waals surface area (Å²) in [7, 11) is 1.79. The second-order valence-corrected chi connectivity index (χ2v) is 7.10. The number of benzene rings is 1. The van der Waals surface area contributed by atoms with E-state index in [-0.39, 0.29) is 24.0 Å². The molecule has 2 aromatic rings. The van der Waals surface area contributed by atoms with Crippen molar-refractivity contribution >= 4 is 29.9 Å². The van der Waals surface area contributed by atoms with E-state index in [0.29, 0.717) is 12.4 Å². The highest BCUT2D eigenvalue weighted by atomic mass is 127. The van der Waals surface area contributed by atoms with E-state index >= 15 is 0 Å². The van der Waals surface area contributed by atoms with Crippen molar-refractivity contribution in [1.29, 1.82) is 0 Å². The zero-order valence-corrected chi connectivity index (χ0v) is 19.2. The molecular formula is C21H32IN5O. The fraction of sp³-hybridized carbons (Fsp3) is 0.524. The number of aromatic nitrogens is 1. The number of guanidine groups is 1. The number of aliphatic imine (C=N–C) groups is 1. The molecule has 0 saturated carbocycles. The number of nitrogens with zero attached hydrogens (tertiary/aromatic N) is 3. The topological polar surface area (TPSA) is 65.7 Å². The highest BCUT2D eigenvalue weighted by Gasteiger charge is 2.17. The molecule has 0 radical (unpaired) electrons. The molecule has 1 aromatic carbocycles. The van der Waals surface area contributed by atoms with Crippen LogP contribution in [0.4, 0.5) is 0 Å². The van der Waals surface area contributed by atoms with Gasteiger partial charge < -0.3 is 20.0 Å². The van der Waals surface area contributed by atoms with Crippen molar-refractivity contribution in [3.05, 3.63) is 42.3 Å². The van der Waals surface area contributed by atoms with Gasteiger partial charge in [0, 0.05) is 31.7 Å². The number of nitrogens with one attached hydrogen (secondary N) is 2. The first-order valence-corrected chi connectivity index (χ1v) is 9.94. The van der Waals surface area contributed by atoms with Crippen LogP contribution in [-0.2, 0) is 6.54 Å². The fourth-order valence-corrected chi connectivity index (χ4v) is 3.48. The number of rotatable bonds is 7. The smallest absolute Gasteiger partial charge is 0.226 e. The third-order valence-electron chi connectivity index (χ3n) is 5.09. The van der Waals surface area contributed by atoms with Gasteiger partial charge in [0.25, 0.3) is 0 Å². The van der Waals surface area contributed by atoms with Crippen LogP contribution in [0.15, 0.2) is 46.0 Å². The van der Waals surface area contributed by atoms with E-state index in [1.54, 1.807) is 13.3 Å². The Morgan fingerprint density at radius 1 is 1.25 bits per heavy atom. The minimum Gasteiger partial charge on any atom is -0.444 e. The van der Waals surface area contributed by atoms with Crippen molar-refractivity contribution in [1.82, 2.24) is 20.5 Å². The van der Waals surface area contributed by atoms with Crippen molar-refractivity contribution in [2.75, 3.05) is 26.7 Å². The van der Waals surface area contributed by atoms with Crippen molar-refractivity contribution in [2.24, 2.45) is 4.99 Å². The molecule has 0 amide bonds. The Balaban J connectivity index is 0.00000280. The van der Waals surface area contributed by atoms with Crippen LogP contribution in [0.1, 0.15) is 38.3 Å². The molecule has 0 aliphatic carbocycles. The first-order valence-electron chi connectivity index (χ1n) is 9.94. The Labute approximate surface area is 185 Å². The van der Waals surface area contributed by atoms with Crippen LogP contribution in [0.3, 0.4) is 0 Å². The van der Waals surface area contributed by atoms with E-state index in [9.17, 15) is 0 Å². The van der Waals surface area contributed by atoms with Gasteiger partial charge in [0.2, 0.25) is 5.89 Å². The first kappa shape index (κ1) is 22.7. The molecule has 1 aromatic heterocycles. The van der Waals surface area contributed by atoms with E-state index < -0.39 is 0 Å². The van der Waals surface area contributed by atoms with Crippen LogP contribution in [-0.4, -0.2) is 48.6 Å². The van der Waals surface area contributed by atoms with Crippen LogP contribution in [0, 0.1) is 0 Å². The summed E-state index contributed by atoms with van der Waals surface area (Å²) in [4.78, 5) is 11.4. The average molecular weight is 497 g/mol. The summed E-state index contributed by atoms with van der Waals surface area (Å²) in [6, 6.07) is 10.7. The maximum atomic E-state index is 5.58. The molecule has 0 spiro atoms. The SMILES string of the molecule is CN=C(NCCCN1CCCCC1C)NCc1coc(-c2ccccc2)n1.I. The Morgan fingerprint density at radius 3 is 2.82 bits per heavy atom. The summed E-state index contributed by atoms with van der Waals surface area (Å²) in [6.45, 7) is 6.23. The predicted octanol–water partition coefficient (Wildman–Crippen LogP) is 3.89. The number of likely N-dealkylation sites (tertiary alicyclic amines) is 1. The third-order valence-corrected chi connectivity index (χ3v) is 5.09. The van der Waals surface area contributed by atoms with Gasteiger partial charge in [-0.15, -0.1) is 24.0 Å². The summed E-state index contributed by atoms with van der Waals surface area (Å²) in [5.74, 6) is 1.44. The number of halogens is 1. The van der Waals surface area contributed by atoms with Crippen molar-refractivity contribution < 1.29 is 4.42 Å². The summed E-state index contributed by atoms with van der Waals surface area (Å²) in [6.07, 6.45) is 6.86. The number of hydrogen-bond donors (Lipinski definition) is 2. The van der Waals surface area contributed by atoms with Crippen LogP contribution in [0.2, 0.25) is 0 Å². The Bertz CT molecular complexity index is 719.